The molecule has 1 aliphatic heterocycles. The topological polar surface area (TPSA) is 72.6 Å². The summed E-state index contributed by atoms with van der Waals surface area (Å²) < 4.78 is 10.6. The number of esters is 1. The highest BCUT2D eigenvalue weighted by molar-refractivity contribution is 6.00. The summed E-state index contributed by atoms with van der Waals surface area (Å²) in [5.41, 5.74) is 4.10. The van der Waals surface area contributed by atoms with E-state index in [9.17, 15) is 9.59 Å². The monoisotopic (exact) mass is 350 g/mol. The van der Waals surface area contributed by atoms with Crippen molar-refractivity contribution in [1.29, 1.82) is 0 Å². The van der Waals surface area contributed by atoms with E-state index in [1.165, 1.54) is 12.7 Å². The van der Waals surface area contributed by atoms with Crippen LogP contribution >= 0.6 is 0 Å². The van der Waals surface area contributed by atoms with Gasteiger partial charge in [0.2, 0.25) is 11.8 Å². The second kappa shape index (κ2) is 6.29. The van der Waals surface area contributed by atoms with Gasteiger partial charge in [-0.2, -0.15) is 0 Å². The fourth-order valence-corrected chi connectivity index (χ4v) is 3.18. The Morgan fingerprint density at radius 1 is 1.23 bits per heavy atom. The maximum atomic E-state index is 12.3. The fourth-order valence-electron chi connectivity index (χ4n) is 3.18. The third-order valence-corrected chi connectivity index (χ3v) is 4.64. The maximum absolute atomic E-state index is 12.3. The number of carbonyl (C=O) groups excluding carboxylic acids is 2. The number of ether oxygens (including phenoxy) is 1. The molecule has 0 saturated carbocycles. The van der Waals surface area contributed by atoms with Crippen molar-refractivity contribution in [3.63, 3.8) is 0 Å². The highest BCUT2D eigenvalue weighted by Crippen LogP contribution is 2.31. The number of carbonyl (C=O) groups is 2. The van der Waals surface area contributed by atoms with Crippen molar-refractivity contribution in [2.45, 2.75) is 13.3 Å². The van der Waals surface area contributed by atoms with Crippen LogP contribution in [0.15, 0.2) is 46.9 Å². The van der Waals surface area contributed by atoms with E-state index < -0.39 is 5.92 Å². The Labute approximate surface area is 150 Å². The van der Waals surface area contributed by atoms with E-state index in [1.807, 2.05) is 43.3 Å². The van der Waals surface area contributed by atoms with Gasteiger partial charge in [-0.15, -0.1) is 0 Å². The van der Waals surface area contributed by atoms with Crippen LogP contribution in [0, 0.1) is 12.8 Å². The third kappa shape index (κ3) is 2.83. The first-order valence-corrected chi connectivity index (χ1v) is 8.41. The van der Waals surface area contributed by atoms with E-state index in [2.05, 4.69) is 4.98 Å². The summed E-state index contributed by atoms with van der Waals surface area (Å²) in [6.07, 6.45) is 0.165. The molecule has 26 heavy (non-hydrogen) atoms. The molecule has 3 aromatic rings. The van der Waals surface area contributed by atoms with Crippen LogP contribution in [0.5, 0.6) is 0 Å². The smallest absolute Gasteiger partial charge is 0.311 e. The molecule has 1 fully saturated rings. The van der Waals surface area contributed by atoms with E-state index in [0.29, 0.717) is 29.2 Å². The number of nitrogens with zero attached hydrogens (tertiary/aromatic N) is 2. The Balaban J connectivity index is 1.65. The minimum atomic E-state index is -0.427. The molecule has 6 heteroatoms. The molecular formula is C20H18N2O4. The standard InChI is InChI=1S/C20H18N2O4/c1-12-3-5-13(6-4-12)19-21-16-10-15(7-8-17(16)26-19)22-11-14(9-18(22)23)20(24)25-2/h3-8,10,14H,9,11H2,1-2H3/t14-/m0/s1. The first kappa shape index (κ1) is 16.3. The van der Waals surface area contributed by atoms with Gasteiger partial charge in [-0.3, -0.25) is 9.59 Å². The van der Waals surface area contributed by atoms with E-state index in [1.54, 1.807) is 11.0 Å². The summed E-state index contributed by atoms with van der Waals surface area (Å²) in [7, 11) is 1.34. The average molecular weight is 350 g/mol. The lowest BCUT2D eigenvalue weighted by Gasteiger charge is -2.16. The fraction of sp³-hybridized carbons (Fsp3) is 0.250. The number of fused-ring (bicyclic) bond motifs is 1. The van der Waals surface area contributed by atoms with Crippen LogP contribution in [-0.2, 0) is 14.3 Å². The largest absolute Gasteiger partial charge is 0.469 e. The van der Waals surface area contributed by atoms with Crippen LogP contribution in [-0.4, -0.2) is 30.5 Å². The minimum Gasteiger partial charge on any atom is -0.469 e. The number of oxazole rings is 1. The highest BCUT2D eigenvalue weighted by atomic mass is 16.5. The van der Waals surface area contributed by atoms with Crippen molar-refractivity contribution < 1.29 is 18.7 Å². The number of aromatic nitrogens is 1. The lowest BCUT2D eigenvalue weighted by atomic mass is 10.1. The van der Waals surface area contributed by atoms with Gasteiger partial charge in [0.05, 0.1) is 13.0 Å². The van der Waals surface area contributed by atoms with Crippen molar-refractivity contribution >= 4 is 28.7 Å². The van der Waals surface area contributed by atoms with Crippen molar-refractivity contribution in [2.24, 2.45) is 5.92 Å². The van der Waals surface area contributed by atoms with Crippen LogP contribution in [0.2, 0.25) is 0 Å². The van der Waals surface area contributed by atoms with Crippen molar-refractivity contribution in [3.8, 4) is 11.5 Å². The number of hydrogen-bond acceptors (Lipinski definition) is 5. The van der Waals surface area contributed by atoms with Gasteiger partial charge in [0, 0.05) is 24.2 Å². The molecule has 1 aliphatic rings. The molecule has 0 unspecified atom stereocenters. The highest BCUT2D eigenvalue weighted by Gasteiger charge is 2.36. The van der Waals surface area contributed by atoms with Crippen molar-refractivity contribution in [3.05, 3.63) is 48.0 Å². The average Bonchev–Trinajstić information content (AvgIpc) is 3.24. The lowest BCUT2D eigenvalue weighted by Crippen LogP contribution is -2.26. The SMILES string of the molecule is COC(=O)[C@H]1CC(=O)N(c2ccc3oc(-c4ccc(C)cc4)nc3c2)C1. The quantitative estimate of drug-likeness (QED) is 0.678. The molecule has 132 valence electrons. The maximum Gasteiger partial charge on any atom is 0.311 e. The Hall–Kier alpha value is -3.15. The molecule has 1 atom stereocenters. The predicted molar refractivity (Wildman–Crippen MR) is 96.7 cm³/mol. The number of amides is 1. The first-order chi connectivity index (χ1) is 12.5. The van der Waals surface area contributed by atoms with Gasteiger partial charge in [0.25, 0.3) is 0 Å². The van der Waals surface area contributed by atoms with Gasteiger partial charge < -0.3 is 14.1 Å². The molecule has 1 saturated heterocycles. The van der Waals surface area contributed by atoms with E-state index in [-0.39, 0.29) is 18.3 Å². The number of anilines is 1. The number of benzene rings is 2. The predicted octanol–water partition coefficient (Wildman–Crippen LogP) is 3.33. The number of rotatable bonds is 3. The molecule has 1 amide bonds. The molecule has 2 aromatic carbocycles. The molecule has 2 heterocycles. The summed E-state index contributed by atoms with van der Waals surface area (Å²) >= 11 is 0. The summed E-state index contributed by atoms with van der Waals surface area (Å²) in [5.74, 6) is -0.340. The van der Waals surface area contributed by atoms with Crippen LogP contribution < -0.4 is 4.90 Å². The Morgan fingerprint density at radius 3 is 2.73 bits per heavy atom. The zero-order valence-corrected chi connectivity index (χ0v) is 14.6. The molecule has 1 aromatic heterocycles. The molecule has 0 radical (unpaired) electrons. The molecular weight excluding hydrogens is 332 g/mol. The van der Waals surface area contributed by atoms with Gasteiger partial charge in [0.1, 0.15) is 5.52 Å². The van der Waals surface area contributed by atoms with Gasteiger partial charge in [-0.25, -0.2) is 4.98 Å². The van der Waals surface area contributed by atoms with E-state index in [0.717, 1.165) is 5.56 Å². The second-order valence-electron chi connectivity index (χ2n) is 6.47. The molecule has 0 spiro atoms. The number of methoxy groups -OCH3 is 1. The summed E-state index contributed by atoms with van der Waals surface area (Å²) in [4.78, 5) is 30.1. The van der Waals surface area contributed by atoms with Gasteiger partial charge >= 0.3 is 5.97 Å². The van der Waals surface area contributed by atoms with Crippen LogP contribution in [0.3, 0.4) is 0 Å². The first-order valence-electron chi connectivity index (χ1n) is 8.41. The van der Waals surface area contributed by atoms with Crippen LogP contribution in [0.25, 0.3) is 22.6 Å². The molecule has 6 nitrogen and oxygen atoms in total. The summed E-state index contributed by atoms with van der Waals surface area (Å²) in [6.45, 7) is 2.34. The van der Waals surface area contributed by atoms with Gasteiger partial charge in [0.15, 0.2) is 5.58 Å². The van der Waals surface area contributed by atoms with Crippen LogP contribution in [0.4, 0.5) is 5.69 Å². The zero-order chi connectivity index (χ0) is 18.3. The van der Waals surface area contributed by atoms with Gasteiger partial charge in [-0.05, 0) is 37.3 Å². The molecule has 0 aliphatic carbocycles. The molecule has 4 rings (SSSR count). The Kier molecular flexibility index (Phi) is 3.95. The normalized spacial score (nSPS) is 17.1. The Bertz CT molecular complexity index is 991. The Morgan fingerprint density at radius 2 is 2.00 bits per heavy atom. The van der Waals surface area contributed by atoms with E-state index >= 15 is 0 Å². The zero-order valence-electron chi connectivity index (χ0n) is 14.6. The molecule has 0 N–H and O–H groups in total. The van der Waals surface area contributed by atoms with Gasteiger partial charge in [-0.1, -0.05) is 17.7 Å². The van der Waals surface area contributed by atoms with Crippen LogP contribution in [0.1, 0.15) is 12.0 Å². The summed E-state index contributed by atoms with van der Waals surface area (Å²) in [6, 6.07) is 13.4. The number of aryl methyl sites for hydroxylation is 1. The minimum absolute atomic E-state index is 0.0954. The van der Waals surface area contributed by atoms with Crippen molar-refractivity contribution in [1.82, 2.24) is 4.98 Å². The summed E-state index contributed by atoms with van der Waals surface area (Å²) in [5, 5.41) is 0. The molecule has 0 bridgehead atoms. The lowest BCUT2D eigenvalue weighted by molar-refractivity contribution is -0.145. The van der Waals surface area contributed by atoms with E-state index in [4.69, 9.17) is 9.15 Å². The van der Waals surface area contributed by atoms with Crippen molar-refractivity contribution in [2.75, 3.05) is 18.6 Å². The number of hydrogen-bond donors (Lipinski definition) is 0. The second-order valence-corrected chi connectivity index (χ2v) is 6.47. The third-order valence-electron chi connectivity index (χ3n) is 4.64.